The van der Waals surface area contributed by atoms with Crippen LogP contribution < -0.4 is 15.4 Å². The number of fused-ring (bicyclic) bond motifs is 1. The topological polar surface area (TPSA) is 90.7 Å². The highest BCUT2D eigenvalue weighted by Crippen LogP contribution is 2.31. The van der Waals surface area contributed by atoms with Gasteiger partial charge in [0.05, 0.1) is 50.9 Å². The Morgan fingerprint density at radius 3 is 2.70 bits per heavy atom. The minimum atomic E-state index is -0.0578. The van der Waals surface area contributed by atoms with Crippen LogP contribution in [-0.2, 0) is 16.0 Å². The van der Waals surface area contributed by atoms with Gasteiger partial charge in [-0.1, -0.05) is 12.1 Å². The summed E-state index contributed by atoms with van der Waals surface area (Å²) in [6.07, 6.45) is 3.34. The second-order valence-corrected chi connectivity index (χ2v) is 7.38. The van der Waals surface area contributed by atoms with E-state index in [-0.39, 0.29) is 24.3 Å². The monoisotopic (exact) mass is 408 g/mol. The molecule has 4 atom stereocenters. The molecule has 2 fully saturated rings. The molecule has 3 aromatic rings. The Labute approximate surface area is 174 Å². The normalized spacial score (nSPS) is 25.2. The van der Waals surface area contributed by atoms with Crippen LogP contribution in [0.1, 0.15) is 5.76 Å². The minimum Gasteiger partial charge on any atom is -0.496 e. The molecule has 0 saturated carbocycles. The van der Waals surface area contributed by atoms with Crippen LogP contribution in [0.4, 0.5) is 5.95 Å². The van der Waals surface area contributed by atoms with E-state index in [1.165, 1.54) is 0 Å². The van der Waals surface area contributed by atoms with Crippen molar-refractivity contribution < 1.29 is 18.6 Å². The standard InChI is InChI=1S/C22H24N4O4/c1-27-19-7-3-2-6-15(19)16-8-9-23-22(25-16)26-18-13-30-20-17(12-29-21(18)20)24-11-14-5-4-10-28-14/h2-10,17-18,20-21,24H,11-13H2,1H3,(H,23,25,26)/t17-,18-,20+,21+/m0/s1. The van der Waals surface area contributed by atoms with Crippen LogP contribution in [0.2, 0.25) is 0 Å². The van der Waals surface area contributed by atoms with Crippen molar-refractivity contribution >= 4 is 5.95 Å². The van der Waals surface area contributed by atoms with Gasteiger partial charge in [0, 0.05) is 11.8 Å². The van der Waals surface area contributed by atoms with Crippen LogP contribution in [0.15, 0.2) is 59.3 Å². The number of benzene rings is 1. The Morgan fingerprint density at radius 1 is 1.03 bits per heavy atom. The molecule has 1 aromatic carbocycles. The molecule has 0 amide bonds. The van der Waals surface area contributed by atoms with Crippen LogP contribution in [0, 0.1) is 0 Å². The number of nitrogens with one attached hydrogen (secondary N) is 2. The summed E-state index contributed by atoms with van der Waals surface area (Å²) in [5.41, 5.74) is 1.72. The number of hydrogen-bond acceptors (Lipinski definition) is 8. The van der Waals surface area contributed by atoms with E-state index in [0.29, 0.717) is 25.7 Å². The molecule has 2 saturated heterocycles. The van der Waals surface area contributed by atoms with Crippen LogP contribution in [-0.4, -0.2) is 54.6 Å². The van der Waals surface area contributed by atoms with Gasteiger partial charge in [-0.15, -0.1) is 0 Å². The molecule has 2 aliphatic heterocycles. The molecule has 0 bridgehead atoms. The van der Waals surface area contributed by atoms with Crippen molar-refractivity contribution in [2.24, 2.45) is 0 Å². The van der Waals surface area contributed by atoms with E-state index in [0.717, 1.165) is 22.8 Å². The quantitative estimate of drug-likeness (QED) is 0.616. The highest BCUT2D eigenvalue weighted by molar-refractivity contribution is 5.67. The van der Waals surface area contributed by atoms with Gasteiger partial charge in [-0.25, -0.2) is 9.97 Å². The molecule has 30 heavy (non-hydrogen) atoms. The molecule has 5 rings (SSSR count). The zero-order valence-electron chi connectivity index (χ0n) is 16.7. The maximum Gasteiger partial charge on any atom is 0.223 e. The van der Waals surface area contributed by atoms with E-state index < -0.39 is 0 Å². The second kappa shape index (κ2) is 8.43. The maximum atomic E-state index is 6.04. The molecule has 2 aliphatic rings. The Bertz CT molecular complexity index is 981. The van der Waals surface area contributed by atoms with E-state index in [9.17, 15) is 0 Å². The number of nitrogens with zero attached hydrogens (tertiary/aromatic N) is 2. The highest BCUT2D eigenvalue weighted by atomic mass is 16.6. The molecule has 0 unspecified atom stereocenters. The summed E-state index contributed by atoms with van der Waals surface area (Å²) < 4.78 is 22.9. The zero-order valence-corrected chi connectivity index (χ0v) is 16.7. The molecule has 4 heterocycles. The SMILES string of the molecule is COc1ccccc1-c1ccnc(N[C@H]2CO[C@H]3[C@@H]2OC[C@@H]3NCc2ccco2)n1. The zero-order chi connectivity index (χ0) is 20.3. The summed E-state index contributed by atoms with van der Waals surface area (Å²) in [5, 5.41) is 6.86. The number of para-hydroxylation sites is 1. The Morgan fingerprint density at radius 2 is 1.87 bits per heavy atom. The van der Waals surface area contributed by atoms with Gasteiger partial charge < -0.3 is 29.3 Å². The molecular formula is C22H24N4O4. The predicted molar refractivity (Wildman–Crippen MR) is 110 cm³/mol. The molecule has 0 radical (unpaired) electrons. The Balaban J connectivity index is 1.25. The highest BCUT2D eigenvalue weighted by Gasteiger charge is 2.47. The molecular weight excluding hydrogens is 384 g/mol. The van der Waals surface area contributed by atoms with Crippen LogP contribution >= 0.6 is 0 Å². The summed E-state index contributed by atoms with van der Waals surface area (Å²) >= 11 is 0. The predicted octanol–water partition coefficient (Wildman–Crippen LogP) is 2.48. The van der Waals surface area contributed by atoms with E-state index >= 15 is 0 Å². The fourth-order valence-electron chi connectivity index (χ4n) is 4.04. The van der Waals surface area contributed by atoms with Gasteiger partial charge in [0.1, 0.15) is 23.7 Å². The van der Waals surface area contributed by atoms with Gasteiger partial charge >= 0.3 is 0 Å². The molecule has 156 valence electrons. The Hall–Kier alpha value is -2.94. The average Bonchev–Trinajstić information content (AvgIpc) is 3.52. The van der Waals surface area contributed by atoms with E-state index in [1.807, 2.05) is 42.5 Å². The van der Waals surface area contributed by atoms with Crippen LogP contribution in [0.5, 0.6) is 5.75 Å². The molecule has 2 aromatic heterocycles. The molecule has 8 heteroatoms. The first-order chi connectivity index (χ1) is 14.8. The first kappa shape index (κ1) is 19.0. The second-order valence-electron chi connectivity index (χ2n) is 7.38. The van der Waals surface area contributed by atoms with Crippen molar-refractivity contribution in [2.75, 3.05) is 25.6 Å². The number of rotatable bonds is 7. The number of anilines is 1. The van der Waals surface area contributed by atoms with Gasteiger partial charge in [0.2, 0.25) is 5.95 Å². The first-order valence-electron chi connectivity index (χ1n) is 10.0. The van der Waals surface area contributed by atoms with Crippen molar-refractivity contribution in [3.63, 3.8) is 0 Å². The third-order valence-corrected chi connectivity index (χ3v) is 5.53. The van der Waals surface area contributed by atoms with E-state index in [4.69, 9.17) is 18.6 Å². The number of aromatic nitrogens is 2. The average molecular weight is 408 g/mol. The van der Waals surface area contributed by atoms with Crippen molar-refractivity contribution in [2.45, 2.75) is 30.8 Å². The number of methoxy groups -OCH3 is 1. The lowest BCUT2D eigenvalue weighted by atomic mass is 10.1. The largest absolute Gasteiger partial charge is 0.496 e. The van der Waals surface area contributed by atoms with Crippen molar-refractivity contribution in [1.82, 2.24) is 15.3 Å². The summed E-state index contributed by atoms with van der Waals surface area (Å²) in [4.78, 5) is 9.06. The lowest BCUT2D eigenvalue weighted by molar-refractivity contribution is 0.0673. The molecule has 0 aliphatic carbocycles. The fraction of sp³-hybridized carbons (Fsp3) is 0.364. The van der Waals surface area contributed by atoms with Gasteiger partial charge in [-0.2, -0.15) is 0 Å². The van der Waals surface area contributed by atoms with Crippen LogP contribution in [0.25, 0.3) is 11.3 Å². The van der Waals surface area contributed by atoms with Gasteiger partial charge in [0.25, 0.3) is 0 Å². The summed E-state index contributed by atoms with van der Waals surface area (Å²) in [6, 6.07) is 13.6. The number of hydrogen-bond donors (Lipinski definition) is 2. The lowest BCUT2D eigenvalue weighted by Crippen LogP contribution is -2.41. The summed E-state index contributed by atoms with van der Waals surface area (Å²) in [7, 11) is 1.66. The summed E-state index contributed by atoms with van der Waals surface area (Å²) in [5.74, 6) is 2.21. The number of ether oxygens (including phenoxy) is 3. The van der Waals surface area contributed by atoms with Gasteiger partial charge in [-0.3, -0.25) is 0 Å². The van der Waals surface area contributed by atoms with Crippen molar-refractivity contribution in [1.29, 1.82) is 0 Å². The van der Waals surface area contributed by atoms with Gasteiger partial charge in [-0.05, 0) is 30.3 Å². The first-order valence-corrected chi connectivity index (χ1v) is 10.0. The minimum absolute atomic E-state index is 0.0154. The third-order valence-electron chi connectivity index (χ3n) is 5.53. The summed E-state index contributed by atoms with van der Waals surface area (Å²) in [6.45, 7) is 1.78. The van der Waals surface area contributed by atoms with E-state index in [1.54, 1.807) is 19.6 Å². The third kappa shape index (κ3) is 3.77. The van der Waals surface area contributed by atoms with Crippen LogP contribution in [0.3, 0.4) is 0 Å². The smallest absolute Gasteiger partial charge is 0.223 e. The molecule has 8 nitrogen and oxygen atoms in total. The van der Waals surface area contributed by atoms with Crippen molar-refractivity contribution in [3.05, 3.63) is 60.7 Å². The molecule has 0 spiro atoms. The lowest BCUT2D eigenvalue weighted by Gasteiger charge is -2.18. The number of furan rings is 1. The maximum absolute atomic E-state index is 6.04. The Kier molecular flexibility index (Phi) is 5.35. The molecule has 2 N–H and O–H groups in total. The fourth-order valence-corrected chi connectivity index (χ4v) is 4.04. The van der Waals surface area contributed by atoms with E-state index in [2.05, 4.69) is 20.6 Å². The van der Waals surface area contributed by atoms with Crippen molar-refractivity contribution in [3.8, 4) is 17.0 Å². The van der Waals surface area contributed by atoms with Gasteiger partial charge in [0.15, 0.2) is 0 Å².